The van der Waals surface area contributed by atoms with Crippen LogP contribution in [0, 0.1) is 5.92 Å². The molecular formula is C23H33BrN2O4. The highest BCUT2D eigenvalue weighted by molar-refractivity contribution is 9.10. The van der Waals surface area contributed by atoms with E-state index in [9.17, 15) is 14.4 Å². The number of nitrogens with one attached hydrogen (secondary N) is 2. The van der Waals surface area contributed by atoms with E-state index in [4.69, 9.17) is 4.74 Å². The molecule has 30 heavy (non-hydrogen) atoms. The number of hydrogen-bond acceptors (Lipinski definition) is 4. The number of benzene rings is 1. The van der Waals surface area contributed by atoms with Crippen LogP contribution in [-0.4, -0.2) is 40.8 Å². The molecule has 1 saturated carbocycles. The maximum Gasteiger partial charge on any atom is 0.328 e. The van der Waals surface area contributed by atoms with Gasteiger partial charge in [-0.1, -0.05) is 73.0 Å². The normalized spacial score (nSPS) is 17.2. The lowest BCUT2D eigenvalue weighted by molar-refractivity contribution is -0.148. The van der Waals surface area contributed by atoms with Crippen molar-refractivity contribution in [2.75, 3.05) is 6.61 Å². The van der Waals surface area contributed by atoms with Crippen LogP contribution in [0.3, 0.4) is 0 Å². The minimum absolute atomic E-state index is 0.102. The number of alkyl halides is 1. The maximum atomic E-state index is 13.3. The van der Waals surface area contributed by atoms with Crippen LogP contribution in [0.5, 0.6) is 0 Å². The predicted molar refractivity (Wildman–Crippen MR) is 120 cm³/mol. The first-order valence-corrected chi connectivity index (χ1v) is 11.7. The lowest BCUT2D eigenvalue weighted by Crippen LogP contribution is -2.61. The van der Waals surface area contributed by atoms with Crippen molar-refractivity contribution in [2.24, 2.45) is 5.92 Å². The minimum atomic E-state index is -0.977. The van der Waals surface area contributed by atoms with Crippen LogP contribution in [-0.2, 0) is 25.5 Å². The zero-order valence-corrected chi connectivity index (χ0v) is 19.7. The van der Waals surface area contributed by atoms with Crippen molar-refractivity contribution < 1.29 is 19.1 Å². The summed E-state index contributed by atoms with van der Waals surface area (Å²) in [4.78, 5) is 38.1. The molecule has 7 heteroatoms. The van der Waals surface area contributed by atoms with Crippen LogP contribution >= 0.6 is 15.9 Å². The third-order valence-corrected chi connectivity index (χ3v) is 7.00. The van der Waals surface area contributed by atoms with Gasteiger partial charge in [0.05, 0.1) is 11.4 Å². The molecule has 2 N–H and O–H groups in total. The zero-order chi connectivity index (χ0) is 22.1. The third kappa shape index (κ3) is 6.56. The largest absolute Gasteiger partial charge is 0.464 e. The summed E-state index contributed by atoms with van der Waals surface area (Å²) in [6.45, 7) is 5.88. The summed E-state index contributed by atoms with van der Waals surface area (Å²) in [6.07, 6.45) is 3.92. The average Bonchev–Trinajstić information content (AvgIpc) is 3.20. The maximum absolute atomic E-state index is 13.3. The smallest absolute Gasteiger partial charge is 0.328 e. The Labute approximate surface area is 187 Å². The van der Waals surface area contributed by atoms with Crippen LogP contribution in [0.2, 0.25) is 0 Å². The number of ether oxygens (including phenoxy) is 1. The van der Waals surface area contributed by atoms with E-state index in [-0.39, 0.29) is 29.2 Å². The Hall–Kier alpha value is -1.89. The summed E-state index contributed by atoms with van der Waals surface area (Å²) in [7, 11) is 0. The van der Waals surface area contributed by atoms with Crippen molar-refractivity contribution in [1.82, 2.24) is 10.6 Å². The highest BCUT2D eigenvalue weighted by atomic mass is 79.9. The molecule has 0 aromatic heterocycles. The Kier molecular flexibility index (Phi) is 9.34. The molecule has 2 amide bonds. The summed E-state index contributed by atoms with van der Waals surface area (Å²) in [5.74, 6) is -0.839. The van der Waals surface area contributed by atoms with Crippen molar-refractivity contribution in [3.05, 3.63) is 35.9 Å². The second-order valence-corrected chi connectivity index (χ2v) is 9.21. The lowest BCUT2D eigenvalue weighted by Gasteiger charge is -2.32. The van der Waals surface area contributed by atoms with E-state index >= 15 is 0 Å². The Bertz CT molecular complexity index is 717. The van der Waals surface area contributed by atoms with Gasteiger partial charge >= 0.3 is 5.97 Å². The molecule has 2 atom stereocenters. The molecule has 1 aromatic carbocycles. The molecular weight excluding hydrogens is 448 g/mol. The van der Waals surface area contributed by atoms with Gasteiger partial charge in [-0.3, -0.25) is 9.59 Å². The van der Waals surface area contributed by atoms with E-state index in [2.05, 4.69) is 26.6 Å². The molecule has 0 saturated heterocycles. The first-order chi connectivity index (χ1) is 14.3. The molecule has 1 aliphatic carbocycles. The molecule has 0 heterocycles. The van der Waals surface area contributed by atoms with Crippen molar-refractivity contribution in [1.29, 1.82) is 0 Å². The van der Waals surface area contributed by atoms with E-state index in [1.807, 2.05) is 44.2 Å². The van der Waals surface area contributed by atoms with Gasteiger partial charge in [0.15, 0.2) is 0 Å². The zero-order valence-electron chi connectivity index (χ0n) is 18.1. The van der Waals surface area contributed by atoms with Crippen LogP contribution in [0.4, 0.5) is 0 Å². The van der Waals surface area contributed by atoms with Crippen molar-refractivity contribution in [2.45, 2.75) is 75.7 Å². The first-order valence-electron chi connectivity index (χ1n) is 10.8. The van der Waals surface area contributed by atoms with Gasteiger partial charge < -0.3 is 15.4 Å². The molecule has 1 aromatic rings. The molecule has 2 rings (SSSR count). The number of aryl methyl sites for hydroxylation is 1. The molecule has 1 aliphatic rings. The van der Waals surface area contributed by atoms with Gasteiger partial charge in [-0.25, -0.2) is 4.79 Å². The number of esters is 1. The topological polar surface area (TPSA) is 84.5 Å². The molecule has 0 unspecified atom stereocenters. The van der Waals surface area contributed by atoms with Gasteiger partial charge in [0.2, 0.25) is 11.8 Å². The number of carbonyl (C=O) groups excluding carboxylic acids is 3. The standard InChI is InChI=1S/C23H33BrN2O4/c1-4-30-21(28)18(13-12-17-10-6-5-7-11-17)25-22(29)23(14-8-9-15-23)26-20(27)19(24)16(2)3/h5-7,10-11,16,18-19H,4,8-9,12-15H2,1-3H3,(H,25,29)(H,26,27)/t18-,19+/m0/s1. The van der Waals surface area contributed by atoms with E-state index in [0.717, 1.165) is 18.4 Å². The number of amides is 2. The Morgan fingerprint density at radius 3 is 2.33 bits per heavy atom. The second kappa shape index (κ2) is 11.5. The van der Waals surface area contributed by atoms with Gasteiger partial charge in [-0.2, -0.15) is 0 Å². The monoisotopic (exact) mass is 480 g/mol. The molecule has 1 fully saturated rings. The van der Waals surface area contributed by atoms with Gasteiger partial charge in [0.25, 0.3) is 0 Å². The van der Waals surface area contributed by atoms with Crippen LogP contribution < -0.4 is 10.6 Å². The number of hydrogen-bond donors (Lipinski definition) is 2. The third-order valence-electron chi connectivity index (χ3n) is 5.53. The number of halogens is 1. The quantitative estimate of drug-likeness (QED) is 0.396. The second-order valence-electron chi connectivity index (χ2n) is 8.23. The fourth-order valence-electron chi connectivity index (χ4n) is 3.74. The fraction of sp³-hybridized carbons (Fsp3) is 0.609. The average molecular weight is 481 g/mol. The summed E-state index contributed by atoms with van der Waals surface area (Å²) in [5, 5.41) is 5.86. The Morgan fingerprint density at radius 2 is 1.77 bits per heavy atom. The first kappa shape index (κ1) is 24.4. The Balaban J connectivity index is 2.11. The molecule has 166 valence electrons. The molecule has 0 spiro atoms. The number of rotatable bonds is 10. The highest BCUT2D eigenvalue weighted by Crippen LogP contribution is 2.31. The molecule has 0 bridgehead atoms. The van der Waals surface area contributed by atoms with Gasteiger partial charge in [0, 0.05) is 0 Å². The Morgan fingerprint density at radius 1 is 1.13 bits per heavy atom. The summed E-state index contributed by atoms with van der Waals surface area (Å²) in [6, 6.07) is 9.06. The highest BCUT2D eigenvalue weighted by Gasteiger charge is 2.44. The van der Waals surface area contributed by atoms with Crippen molar-refractivity contribution >= 4 is 33.7 Å². The van der Waals surface area contributed by atoms with Crippen molar-refractivity contribution in [3.8, 4) is 0 Å². The summed E-state index contributed by atoms with van der Waals surface area (Å²) in [5.41, 5.74) is 0.110. The van der Waals surface area contributed by atoms with Gasteiger partial charge in [-0.05, 0) is 44.1 Å². The molecule has 6 nitrogen and oxygen atoms in total. The van der Waals surface area contributed by atoms with E-state index < -0.39 is 17.6 Å². The summed E-state index contributed by atoms with van der Waals surface area (Å²) >= 11 is 3.42. The van der Waals surface area contributed by atoms with Crippen LogP contribution in [0.25, 0.3) is 0 Å². The molecule has 0 aliphatic heterocycles. The summed E-state index contributed by atoms with van der Waals surface area (Å²) < 4.78 is 5.19. The van der Waals surface area contributed by atoms with Crippen molar-refractivity contribution in [3.63, 3.8) is 0 Å². The van der Waals surface area contributed by atoms with Crippen LogP contribution in [0.1, 0.15) is 58.4 Å². The minimum Gasteiger partial charge on any atom is -0.464 e. The van der Waals surface area contributed by atoms with Gasteiger partial charge in [-0.15, -0.1) is 0 Å². The lowest BCUT2D eigenvalue weighted by atomic mass is 9.94. The predicted octanol–water partition coefficient (Wildman–Crippen LogP) is 3.52. The van der Waals surface area contributed by atoms with E-state index in [0.29, 0.717) is 25.7 Å². The number of carbonyl (C=O) groups is 3. The molecule has 0 radical (unpaired) electrons. The van der Waals surface area contributed by atoms with E-state index in [1.165, 1.54) is 0 Å². The van der Waals surface area contributed by atoms with E-state index in [1.54, 1.807) is 6.92 Å². The van der Waals surface area contributed by atoms with Crippen LogP contribution in [0.15, 0.2) is 30.3 Å². The SMILES string of the molecule is CCOC(=O)[C@H](CCc1ccccc1)NC(=O)C1(NC(=O)[C@H](Br)C(C)C)CCCC1. The van der Waals surface area contributed by atoms with Gasteiger partial charge in [0.1, 0.15) is 11.6 Å². The fourth-order valence-corrected chi connectivity index (χ4v) is 3.85.